The number of thiazole rings is 1. The van der Waals surface area contributed by atoms with Gasteiger partial charge < -0.3 is 5.32 Å². The van der Waals surface area contributed by atoms with Crippen LogP contribution in [0.2, 0.25) is 0 Å². The number of fused-ring (bicyclic) bond motifs is 1. The average Bonchev–Trinajstić information content (AvgIpc) is 2.95. The lowest BCUT2D eigenvalue weighted by Gasteiger charge is -2.04. The zero-order chi connectivity index (χ0) is 11.7. The smallest absolute Gasteiger partial charge is 0.160 e. The Hall–Kier alpha value is -2.02. The summed E-state index contributed by atoms with van der Waals surface area (Å²) in [6.45, 7) is 2.72. The van der Waals surface area contributed by atoms with E-state index in [1.165, 1.54) is 11.2 Å². The van der Waals surface area contributed by atoms with Gasteiger partial charge in [0.25, 0.3) is 0 Å². The molecule has 3 aromatic heterocycles. The Labute approximate surface area is 101 Å². The Balaban J connectivity index is 1.86. The molecule has 0 bridgehead atoms. The van der Waals surface area contributed by atoms with E-state index in [1.807, 2.05) is 12.4 Å². The number of aromatic nitrogens is 5. The molecule has 0 aromatic carbocycles. The highest BCUT2D eigenvalue weighted by molar-refractivity contribution is 7.09. The predicted octanol–water partition coefficient (Wildman–Crippen LogP) is 1.73. The third-order valence-corrected chi connectivity index (χ3v) is 3.44. The van der Waals surface area contributed by atoms with Crippen molar-refractivity contribution in [1.82, 2.24) is 25.1 Å². The van der Waals surface area contributed by atoms with Gasteiger partial charge in [-0.1, -0.05) is 0 Å². The SMILES string of the molecule is Cc1ncsc1CNc1ncnc2[nH]ncc12. The number of hydrogen-bond donors (Lipinski definition) is 2. The lowest BCUT2D eigenvalue weighted by atomic mass is 10.3. The van der Waals surface area contributed by atoms with E-state index >= 15 is 0 Å². The van der Waals surface area contributed by atoms with Crippen molar-refractivity contribution in [1.29, 1.82) is 0 Å². The first-order valence-corrected chi connectivity index (χ1v) is 5.99. The summed E-state index contributed by atoms with van der Waals surface area (Å²) in [6.07, 6.45) is 3.24. The topological polar surface area (TPSA) is 79.4 Å². The molecule has 0 aliphatic heterocycles. The molecule has 0 aliphatic carbocycles. The standard InChI is InChI=1S/C10H10N6S/c1-6-8(17-5-14-6)3-11-9-7-2-15-16-10(7)13-4-12-9/h2,4-5H,3H2,1H3,(H2,11,12,13,15,16). The molecule has 3 heterocycles. The second-order valence-corrected chi connectivity index (χ2v) is 4.51. The molecule has 0 atom stereocenters. The molecule has 0 saturated carbocycles. The van der Waals surface area contributed by atoms with Crippen molar-refractivity contribution >= 4 is 28.2 Å². The van der Waals surface area contributed by atoms with Crippen LogP contribution in [0.5, 0.6) is 0 Å². The molecule has 0 radical (unpaired) electrons. The van der Waals surface area contributed by atoms with Crippen LogP contribution in [0.4, 0.5) is 5.82 Å². The van der Waals surface area contributed by atoms with E-state index in [2.05, 4.69) is 30.5 Å². The third-order valence-electron chi connectivity index (χ3n) is 2.51. The van der Waals surface area contributed by atoms with Crippen LogP contribution < -0.4 is 5.32 Å². The zero-order valence-electron chi connectivity index (χ0n) is 9.14. The minimum absolute atomic E-state index is 0.716. The third kappa shape index (κ3) is 1.84. The van der Waals surface area contributed by atoms with E-state index in [4.69, 9.17) is 0 Å². The van der Waals surface area contributed by atoms with Crippen molar-refractivity contribution < 1.29 is 0 Å². The molecule has 86 valence electrons. The fraction of sp³-hybridized carbons (Fsp3) is 0.200. The van der Waals surface area contributed by atoms with Crippen molar-refractivity contribution in [2.75, 3.05) is 5.32 Å². The Bertz CT molecular complexity index is 643. The second-order valence-electron chi connectivity index (χ2n) is 3.57. The number of H-pyrrole nitrogens is 1. The number of hydrogen-bond acceptors (Lipinski definition) is 6. The van der Waals surface area contributed by atoms with Gasteiger partial charge in [0, 0.05) is 4.88 Å². The number of aromatic amines is 1. The predicted molar refractivity (Wildman–Crippen MR) is 65.9 cm³/mol. The molecule has 0 unspecified atom stereocenters. The minimum atomic E-state index is 0.716. The van der Waals surface area contributed by atoms with Gasteiger partial charge in [0.1, 0.15) is 12.1 Å². The molecule has 0 amide bonds. The monoisotopic (exact) mass is 246 g/mol. The maximum atomic E-state index is 4.21. The van der Waals surface area contributed by atoms with Crippen LogP contribution in [0.3, 0.4) is 0 Å². The zero-order valence-corrected chi connectivity index (χ0v) is 9.95. The Kier molecular flexibility index (Phi) is 2.45. The van der Waals surface area contributed by atoms with Gasteiger partial charge in [-0.05, 0) is 6.92 Å². The van der Waals surface area contributed by atoms with Crippen LogP contribution in [0.1, 0.15) is 10.6 Å². The Morgan fingerprint density at radius 1 is 1.35 bits per heavy atom. The van der Waals surface area contributed by atoms with Gasteiger partial charge in [-0.25, -0.2) is 15.0 Å². The molecule has 3 aromatic rings. The molecule has 17 heavy (non-hydrogen) atoms. The second kappa shape index (κ2) is 4.10. The number of aryl methyl sites for hydroxylation is 1. The first kappa shape index (κ1) is 10.2. The van der Waals surface area contributed by atoms with E-state index in [1.54, 1.807) is 17.5 Å². The van der Waals surface area contributed by atoms with Gasteiger partial charge in [0.15, 0.2) is 5.65 Å². The van der Waals surface area contributed by atoms with Crippen LogP contribution in [-0.2, 0) is 6.54 Å². The summed E-state index contributed by atoms with van der Waals surface area (Å²) < 4.78 is 0. The van der Waals surface area contributed by atoms with Crippen LogP contribution in [0, 0.1) is 6.92 Å². The maximum absolute atomic E-state index is 4.21. The summed E-state index contributed by atoms with van der Waals surface area (Å²) in [6, 6.07) is 0. The van der Waals surface area contributed by atoms with Crippen LogP contribution >= 0.6 is 11.3 Å². The van der Waals surface area contributed by atoms with E-state index in [0.717, 1.165) is 22.5 Å². The number of nitrogens with one attached hydrogen (secondary N) is 2. The molecule has 6 nitrogen and oxygen atoms in total. The highest BCUT2D eigenvalue weighted by Gasteiger charge is 2.06. The largest absolute Gasteiger partial charge is 0.364 e. The van der Waals surface area contributed by atoms with Gasteiger partial charge in [-0.15, -0.1) is 11.3 Å². The molecule has 0 fully saturated rings. The summed E-state index contributed by atoms with van der Waals surface area (Å²) >= 11 is 1.64. The van der Waals surface area contributed by atoms with Gasteiger partial charge in [-0.2, -0.15) is 5.10 Å². The van der Waals surface area contributed by atoms with Crippen molar-refractivity contribution in [3.05, 3.63) is 28.6 Å². The molecular weight excluding hydrogens is 236 g/mol. The van der Waals surface area contributed by atoms with Gasteiger partial charge in [0.2, 0.25) is 0 Å². The quantitative estimate of drug-likeness (QED) is 0.735. The average molecular weight is 246 g/mol. The summed E-state index contributed by atoms with van der Waals surface area (Å²) in [5.74, 6) is 0.788. The Morgan fingerprint density at radius 2 is 2.29 bits per heavy atom. The van der Waals surface area contributed by atoms with Crippen molar-refractivity contribution in [2.24, 2.45) is 0 Å². The maximum Gasteiger partial charge on any atom is 0.160 e. The first-order chi connectivity index (χ1) is 8.34. The van der Waals surface area contributed by atoms with E-state index in [9.17, 15) is 0 Å². The normalized spacial score (nSPS) is 10.9. The first-order valence-electron chi connectivity index (χ1n) is 5.11. The van der Waals surface area contributed by atoms with Crippen LogP contribution in [0.15, 0.2) is 18.0 Å². The fourth-order valence-electron chi connectivity index (χ4n) is 1.57. The molecule has 3 rings (SSSR count). The molecule has 2 N–H and O–H groups in total. The summed E-state index contributed by atoms with van der Waals surface area (Å²) in [5, 5.41) is 10.9. The molecule has 0 saturated heterocycles. The highest BCUT2D eigenvalue weighted by atomic mass is 32.1. The van der Waals surface area contributed by atoms with Crippen LogP contribution in [-0.4, -0.2) is 25.1 Å². The molecule has 7 heteroatoms. The minimum Gasteiger partial charge on any atom is -0.364 e. The highest BCUT2D eigenvalue weighted by Crippen LogP contribution is 2.19. The molecular formula is C10H10N6S. The van der Waals surface area contributed by atoms with Crippen LogP contribution in [0.25, 0.3) is 11.0 Å². The van der Waals surface area contributed by atoms with Crippen molar-refractivity contribution in [3.63, 3.8) is 0 Å². The van der Waals surface area contributed by atoms with E-state index in [-0.39, 0.29) is 0 Å². The molecule has 0 spiro atoms. The summed E-state index contributed by atoms with van der Waals surface area (Å²) in [5.41, 5.74) is 3.64. The van der Waals surface area contributed by atoms with Crippen molar-refractivity contribution in [3.8, 4) is 0 Å². The van der Waals surface area contributed by atoms with E-state index < -0.39 is 0 Å². The summed E-state index contributed by atoms with van der Waals surface area (Å²) in [4.78, 5) is 13.7. The van der Waals surface area contributed by atoms with Gasteiger partial charge in [0.05, 0.1) is 29.3 Å². The van der Waals surface area contributed by atoms with Gasteiger partial charge in [-0.3, -0.25) is 5.10 Å². The number of rotatable bonds is 3. The fourth-order valence-corrected chi connectivity index (χ4v) is 2.28. The number of nitrogens with zero attached hydrogens (tertiary/aromatic N) is 4. The van der Waals surface area contributed by atoms with Gasteiger partial charge >= 0.3 is 0 Å². The van der Waals surface area contributed by atoms with Crippen molar-refractivity contribution in [2.45, 2.75) is 13.5 Å². The Morgan fingerprint density at radius 3 is 3.12 bits per heavy atom. The lowest BCUT2D eigenvalue weighted by molar-refractivity contribution is 1.08. The van der Waals surface area contributed by atoms with E-state index in [0.29, 0.717) is 6.54 Å². The summed E-state index contributed by atoms with van der Waals surface area (Å²) in [7, 11) is 0. The molecule has 0 aliphatic rings. The number of anilines is 1. The lowest BCUT2D eigenvalue weighted by Crippen LogP contribution is -2.01.